The Kier molecular flexibility index (Phi) is 6.41. The molecule has 0 unspecified atom stereocenters. The molecule has 0 saturated carbocycles. The highest BCUT2D eigenvalue weighted by atomic mass is 19.4. The maximum atomic E-state index is 14.5. The Hall–Kier alpha value is -3.69. The van der Waals surface area contributed by atoms with Gasteiger partial charge in [-0.25, -0.2) is 9.37 Å². The van der Waals surface area contributed by atoms with E-state index in [1.807, 2.05) is 13.8 Å². The van der Waals surface area contributed by atoms with Crippen LogP contribution >= 0.6 is 0 Å². The van der Waals surface area contributed by atoms with Crippen LogP contribution in [0.3, 0.4) is 0 Å². The highest BCUT2D eigenvalue weighted by Gasteiger charge is 2.28. The summed E-state index contributed by atoms with van der Waals surface area (Å²) in [6.45, 7) is 8.04. The third-order valence-corrected chi connectivity index (χ3v) is 5.11. The van der Waals surface area contributed by atoms with Crippen molar-refractivity contribution in [1.29, 1.82) is 0 Å². The van der Waals surface area contributed by atoms with Crippen LogP contribution in [0, 0.1) is 11.7 Å². The summed E-state index contributed by atoms with van der Waals surface area (Å²) in [5.74, 6) is 0.517. The van der Waals surface area contributed by atoms with E-state index in [2.05, 4.69) is 21.8 Å². The normalized spacial score (nSPS) is 12.0. The van der Waals surface area contributed by atoms with Crippen LogP contribution in [0.15, 0.2) is 54.9 Å². The van der Waals surface area contributed by atoms with Crippen molar-refractivity contribution in [2.75, 3.05) is 13.2 Å². The smallest absolute Gasteiger partial charge is 0.393 e. The van der Waals surface area contributed by atoms with Crippen LogP contribution in [0.4, 0.5) is 17.6 Å². The van der Waals surface area contributed by atoms with Gasteiger partial charge in [0.1, 0.15) is 18.9 Å². The molecular weight excluding hydrogens is 452 g/mol. The summed E-state index contributed by atoms with van der Waals surface area (Å²) in [7, 11) is 0. The quantitative estimate of drug-likeness (QED) is 0.185. The van der Waals surface area contributed by atoms with Crippen LogP contribution in [0.1, 0.15) is 19.4 Å². The van der Waals surface area contributed by atoms with Crippen molar-refractivity contribution in [2.45, 2.75) is 26.4 Å². The molecule has 0 saturated heterocycles. The number of pyridine rings is 2. The molecule has 3 aromatic heterocycles. The van der Waals surface area contributed by atoms with Crippen molar-refractivity contribution in [2.24, 2.45) is 5.92 Å². The van der Waals surface area contributed by atoms with Gasteiger partial charge in [0.2, 0.25) is 0 Å². The van der Waals surface area contributed by atoms with Gasteiger partial charge in [0.15, 0.2) is 23.0 Å². The lowest BCUT2D eigenvalue weighted by molar-refractivity contribution is -0.127. The number of alkyl halides is 3. The molecule has 10 heteroatoms. The van der Waals surface area contributed by atoms with Gasteiger partial charge >= 0.3 is 6.18 Å². The van der Waals surface area contributed by atoms with Crippen molar-refractivity contribution >= 4 is 16.6 Å². The number of ether oxygens (including phenoxy) is 2. The summed E-state index contributed by atoms with van der Waals surface area (Å²) in [6.07, 6.45) is -4.06. The number of halogens is 4. The van der Waals surface area contributed by atoms with Crippen molar-refractivity contribution < 1.29 is 27.0 Å². The molecule has 0 aliphatic carbocycles. The lowest BCUT2D eigenvalue weighted by Crippen LogP contribution is -2.12. The Morgan fingerprint density at radius 3 is 2.62 bits per heavy atom. The highest BCUT2D eigenvalue weighted by Crippen LogP contribution is 2.27. The first-order valence-corrected chi connectivity index (χ1v) is 10.6. The van der Waals surface area contributed by atoms with E-state index in [1.165, 1.54) is 34.9 Å². The minimum Gasteiger partial charge on any atom is -0.495 e. The number of benzene rings is 1. The van der Waals surface area contributed by atoms with E-state index in [9.17, 15) is 17.6 Å². The van der Waals surface area contributed by atoms with Gasteiger partial charge in [0.25, 0.3) is 0 Å². The molecule has 0 fully saturated rings. The van der Waals surface area contributed by atoms with Gasteiger partial charge in [0.05, 0.1) is 17.7 Å². The second-order valence-corrected chi connectivity index (χ2v) is 8.07. The van der Waals surface area contributed by atoms with Gasteiger partial charge in [-0.1, -0.05) is 32.6 Å². The first kappa shape index (κ1) is 23.5. The van der Waals surface area contributed by atoms with Crippen LogP contribution < -0.4 is 4.74 Å². The molecule has 0 aliphatic rings. The van der Waals surface area contributed by atoms with Gasteiger partial charge in [-0.3, -0.25) is 4.40 Å². The predicted octanol–water partition coefficient (Wildman–Crippen LogP) is 5.75. The zero-order valence-corrected chi connectivity index (χ0v) is 18.6. The van der Waals surface area contributed by atoms with Crippen molar-refractivity contribution in [3.8, 4) is 17.3 Å². The lowest BCUT2D eigenvalue weighted by atomic mass is 10.1. The third-order valence-electron chi connectivity index (χ3n) is 5.11. The highest BCUT2D eigenvalue weighted by molar-refractivity contribution is 5.82. The fourth-order valence-corrected chi connectivity index (χ4v) is 3.30. The second kappa shape index (κ2) is 9.28. The molecule has 1 aromatic carbocycles. The van der Waals surface area contributed by atoms with Crippen LogP contribution in [-0.2, 0) is 11.2 Å². The third kappa shape index (κ3) is 5.27. The average molecular weight is 474 g/mol. The fourth-order valence-electron chi connectivity index (χ4n) is 3.30. The van der Waals surface area contributed by atoms with Crippen LogP contribution in [-0.4, -0.2) is 39.0 Å². The van der Waals surface area contributed by atoms with Crippen LogP contribution in [0.25, 0.3) is 28.1 Å². The monoisotopic (exact) mass is 474 g/mol. The van der Waals surface area contributed by atoms with E-state index in [0.717, 1.165) is 0 Å². The summed E-state index contributed by atoms with van der Waals surface area (Å²) in [6, 6.07) is 8.86. The van der Waals surface area contributed by atoms with E-state index in [0.29, 0.717) is 28.0 Å². The fraction of sp³-hybridized carbons (Fsp3) is 0.292. The molecular formula is C24H22F4N4O2. The van der Waals surface area contributed by atoms with Gasteiger partial charge in [-0.2, -0.15) is 13.2 Å². The molecule has 0 amide bonds. The minimum absolute atomic E-state index is 0.00877. The second-order valence-electron chi connectivity index (χ2n) is 8.07. The number of allylic oxidation sites excluding steroid dienone is 1. The largest absolute Gasteiger partial charge is 0.495 e. The van der Waals surface area contributed by atoms with Crippen molar-refractivity contribution in [1.82, 2.24) is 19.6 Å². The molecule has 0 aliphatic heterocycles. The van der Waals surface area contributed by atoms with Crippen molar-refractivity contribution in [3.05, 3.63) is 66.3 Å². The number of hydrogen-bond donors (Lipinski definition) is 0. The van der Waals surface area contributed by atoms with Crippen LogP contribution in [0.2, 0.25) is 0 Å². The molecule has 4 rings (SSSR count). The van der Waals surface area contributed by atoms with Gasteiger partial charge < -0.3 is 9.47 Å². The lowest BCUT2D eigenvalue weighted by Gasteiger charge is -2.13. The molecule has 4 aromatic rings. The van der Waals surface area contributed by atoms with E-state index in [-0.39, 0.29) is 36.3 Å². The standard InChI is InChI=1S/C24H22F4N4O2/c1-14(2)15(3)33-8-9-34-21-11-20-17(10-18(21)25)5-6-19(29-20)23-31-30-22-7-4-16(13-32(22)23)12-24(26,27)28/h4-7,10-11,13-14H,3,8-9,12H2,1-2H3. The topological polar surface area (TPSA) is 61.5 Å². The molecule has 0 radical (unpaired) electrons. The van der Waals surface area contributed by atoms with E-state index >= 15 is 0 Å². The molecule has 34 heavy (non-hydrogen) atoms. The summed E-state index contributed by atoms with van der Waals surface area (Å²) in [4.78, 5) is 4.52. The molecule has 0 spiro atoms. The maximum absolute atomic E-state index is 14.5. The van der Waals surface area contributed by atoms with Gasteiger partial charge in [-0.15, -0.1) is 10.2 Å². The number of aromatic nitrogens is 4. The summed E-state index contributed by atoms with van der Waals surface area (Å²) in [5, 5.41) is 8.62. The summed E-state index contributed by atoms with van der Waals surface area (Å²) >= 11 is 0. The molecule has 6 nitrogen and oxygen atoms in total. The average Bonchev–Trinajstić information content (AvgIpc) is 3.18. The van der Waals surface area contributed by atoms with E-state index in [4.69, 9.17) is 9.47 Å². The molecule has 0 bridgehead atoms. The number of rotatable bonds is 8. The van der Waals surface area contributed by atoms with E-state index in [1.54, 1.807) is 12.1 Å². The zero-order chi connectivity index (χ0) is 24.5. The first-order chi connectivity index (χ1) is 16.1. The molecule has 3 heterocycles. The van der Waals surface area contributed by atoms with Crippen LogP contribution in [0.5, 0.6) is 5.75 Å². The Morgan fingerprint density at radius 2 is 1.88 bits per heavy atom. The van der Waals surface area contributed by atoms with Gasteiger partial charge in [0, 0.05) is 23.6 Å². The SMILES string of the molecule is C=C(OCCOc1cc2nc(-c3nnc4ccc(CC(F)(F)F)cn34)ccc2cc1F)C(C)C. The number of nitrogens with zero attached hydrogens (tertiary/aromatic N) is 4. The first-order valence-electron chi connectivity index (χ1n) is 10.6. The Morgan fingerprint density at radius 1 is 1.09 bits per heavy atom. The summed E-state index contributed by atoms with van der Waals surface area (Å²) in [5.41, 5.74) is 1.26. The zero-order valence-electron chi connectivity index (χ0n) is 18.6. The molecule has 0 atom stereocenters. The van der Waals surface area contributed by atoms with Crippen molar-refractivity contribution in [3.63, 3.8) is 0 Å². The summed E-state index contributed by atoms with van der Waals surface area (Å²) < 4.78 is 65.3. The Balaban J connectivity index is 1.60. The Bertz CT molecular complexity index is 1350. The van der Waals surface area contributed by atoms with E-state index < -0.39 is 18.4 Å². The molecule has 0 N–H and O–H groups in total. The predicted molar refractivity (Wildman–Crippen MR) is 119 cm³/mol. The number of hydrogen-bond acceptors (Lipinski definition) is 5. The number of fused-ring (bicyclic) bond motifs is 2. The van der Waals surface area contributed by atoms with Gasteiger partial charge in [-0.05, 0) is 23.8 Å². The Labute approximate surface area is 192 Å². The minimum atomic E-state index is -4.34. The maximum Gasteiger partial charge on any atom is 0.393 e. The molecule has 178 valence electrons.